The lowest BCUT2D eigenvalue weighted by atomic mass is 10.0. The Morgan fingerprint density at radius 1 is 1.03 bits per heavy atom. The van der Waals surface area contributed by atoms with Gasteiger partial charge in [0.25, 0.3) is 0 Å². The molecular formula is C24H24N4O4S3. The maximum Gasteiger partial charge on any atom is 0.357 e. The SMILES string of the molecule is O=S(=O)(O)Nc1ccc(C[C@H](Nc2nc(-c3cccc(CO)c3)cs2)c2csc(C3CC3)n2)cc1. The van der Waals surface area contributed by atoms with Crippen LogP contribution in [0, 0.1) is 0 Å². The summed E-state index contributed by atoms with van der Waals surface area (Å²) in [6.45, 7) is -0.0170. The van der Waals surface area contributed by atoms with Gasteiger partial charge in [-0.1, -0.05) is 30.3 Å². The fourth-order valence-corrected chi connectivity index (χ4v) is 6.00. The molecule has 0 radical (unpaired) electrons. The molecule has 182 valence electrons. The number of aromatic nitrogens is 2. The quantitative estimate of drug-likeness (QED) is 0.207. The molecule has 0 unspecified atom stereocenters. The van der Waals surface area contributed by atoms with E-state index in [9.17, 15) is 13.5 Å². The van der Waals surface area contributed by atoms with Gasteiger partial charge in [-0.2, -0.15) is 8.42 Å². The second-order valence-corrected chi connectivity index (χ2v) is 11.4. The summed E-state index contributed by atoms with van der Waals surface area (Å²) in [6.07, 6.45) is 3.00. The number of aliphatic hydroxyl groups excluding tert-OH is 1. The topological polar surface area (TPSA) is 124 Å². The van der Waals surface area contributed by atoms with Crippen LogP contribution < -0.4 is 10.0 Å². The Balaban J connectivity index is 1.37. The van der Waals surface area contributed by atoms with Crippen LogP contribution in [0.25, 0.3) is 11.3 Å². The van der Waals surface area contributed by atoms with Crippen molar-refractivity contribution in [2.24, 2.45) is 0 Å². The van der Waals surface area contributed by atoms with Gasteiger partial charge in [0.1, 0.15) is 0 Å². The molecular weight excluding hydrogens is 504 g/mol. The average Bonchev–Trinajstić information content (AvgIpc) is 3.37. The van der Waals surface area contributed by atoms with Gasteiger partial charge in [0.2, 0.25) is 0 Å². The summed E-state index contributed by atoms with van der Waals surface area (Å²) in [6, 6.07) is 14.4. The highest BCUT2D eigenvalue weighted by atomic mass is 32.2. The molecule has 1 atom stereocenters. The van der Waals surface area contributed by atoms with Crippen molar-refractivity contribution in [2.75, 3.05) is 10.0 Å². The molecule has 8 nitrogen and oxygen atoms in total. The van der Waals surface area contributed by atoms with E-state index in [0.29, 0.717) is 18.0 Å². The van der Waals surface area contributed by atoms with Crippen LogP contribution in [-0.4, -0.2) is 28.0 Å². The van der Waals surface area contributed by atoms with Crippen molar-refractivity contribution in [3.63, 3.8) is 0 Å². The third-order valence-corrected chi connectivity index (χ3v) is 7.96. The smallest absolute Gasteiger partial charge is 0.357 e. The molecule has 2 aromatic heterocycles. The largest absolute Gasteiger partial charge is 0.392 e. The average molecular weight is 529 g/mol. The zero-order chi connectivity index (χ0) is 24.4. The van der Waals surface area contributed by atoms with Crippen molar-refractivity contribution in [1.29, 1.82) is 0 Å². The Labute approximate surface area is 211 Å². The monoisotopic (exact) mass is 528 g/mol. The number of anilines is 2. The standard InChI is InChI=1S/C24H24N4O4S3/c29-12-16-2-1-3-18(10-16)21-13-34-24(27-21)26-20(22-14-33-23(25-22)17-6-7-17)11-15-4-8-19(9-5-15)28-35(30,31)32/h1-5,8-10,13-14,17,20,28-29H,6-7,11-12H2,(H,26,27)(H,30,31,32)/t20-/m0/s1. The Bertz CT molecular complexity index is 1410. The van der Waals surface area contributed by atoms with Gasteiger partial charge in [-0.3, -0.25) is 9.27 Å². The molecule has 0 saturated heterocycles. The van der Waals surface area contributed by atoms with Crippen LogP contribution in [0.4, 0.5) is 10.8 Å². The minimum Gasteiger partial charge on any atom is -0.392 e. The fraction of sp³-hybridized carbons (Fsp3) is 0.250. The van der Waals surface area contributed by atoms with Crippen LogP contribution in [0.3, 0.4) is 0 Å². The molecule has 1 fully saturated rings. The van der Waals surface area contributed by atoms with E-state index in [2.05, 4.69) is 15.4 Å². The van der Waals surface area contributed by atoms with Crippen LogP contribution >= 0.6 is 22.7 Å². The Kier molecular flexibility index (Phi) is 6.85. The van der Waals surface area contributed by atoms with Gasteiger partial charge in [0.05, 0.1) is 34.7 Å². The summed E-state index contributed by atoms with van der Waals surface area (Å²) < 4.78 is 33.2. The molecule has 2 heterocycles. The van der Waals surface area contributed by atoms with Gasteiger partial charge in [-0.15, -0.1) is 22.7 Å². The molecule has 0 amide bonds. The maximum atomic E-state index is 11.1. The van der Waals surface area contributed by atoms with Crippen molar-refractivity contribution < 1.29 is 18.1 Å². The highest BCUT2D eigenvalue weighted by molar-refractivity contribution is 7.87. The summed E-state index contributed by atoms with van der Waals surface area (Å²) in [7, 11) is -4.31. The first-order valence-corrected chi connectivity index (χ1v) is 14.3. The van der Waals surface area contributed by atoms with Crippen molar-refractivity contribution in [2.45, 2.75) is 37.8 Å². The number of hydrogen-bond acceptors (Lipinski definition) is 8. The van der Waals surface area contributed by atoms with Crippen molar-refractivity contribution in [1.82, 2.24) is 9.97 Å². The summed E-state index contributed by atoms with van der Waals surface area (Å²) in [4.78, 5) is 9.67. The molecule has 35 heavy (non-hydrogen) atoms. The van der Waals surface area contributed by atoms with E-state index in [1.54, 1.807) is 23.5 Å². The second-order valence-electron chi connectivity index (χ2n) is 8.46. The van der Waals surface area contributed by atoms with Gasteiger partial charge in [0.15, 0.2) is 5.13 Å². The van der Waals surface area contributed by atoms with E-state index in [-0.39, 0.29) is 12.6 Å². The molecule has 0 bridgehead atoms. The first-order chi connectivity index (χ1) is 16.9. The predicted octanol–water partition coefficient (Wildman–Crippen LogP) is 5.25. The summed E-state index contributed by atoms with van der Waals surface area (Å²) >= 11 is 3.20. The lowest BCUT2D eigenvalue weighted by Crippen LogP contribution is -2.14. The van der Waals surface area contributed by atoms with Gasteiger partial charge in [-0.05, 0) is 48.6 Å². The third kappa shape index (κ3) is 6.24. The normalized spacial score (nSPS) is 14.6. The lowest BCUT2D eigenvalue weighted by molar-refractivity contribution is 0.282. The van der Waals surface area contributed by atoms with E-state index < -0.39 is 10.3 Å². The number of nitrogens with one attached hydrogen (secondary N) is 2. The van der Waals surface area contributed by atoms with Crippen LogP contribution in [0.2, 0.25) is 0 Å². The molecule has 11 heteroatoms. The number of nitrogens with zero attached hydrogens (tertiary/aromatic N) is 2. The molecule has 0 aliphatic heterocycles. The summed E-state index contributed by atoms with van der Waals surface area (Å²) in [5, 5.41) is 19.0. The Hall–Kier alpha value is -2.83. The van der Waals surface area contributed by atoms with E-state index >= 15 is 0 Å². The molecule has 2 aromatic carbocycles. The highest BCUT2D eigenvalue weighted by Gasteiger charge is 2.28. The molecule has 1 aliphatic carbocycles. The number of thiazole rings is 2. The van der Waals surface area contributed by atoms with Crippen LogP contribution in [-0.2, 0) is 23.3 Å². The van der Waals surface area contributed by atoms with Crippen molar-refractivity contribution in [3.8, 4) is 11.3 Å². The Morgan fingerprint density at radius 3 is 2.54 bits per heavy atom. The number of benzene rings is 2. The van der Waals surface area contributed by atoms with Crippen molar-refractivity contribution >= 4 is 43.8 Å². The molecule has 4 aromatic rings. The summed E-state index contributed by atoms with van der Waals surface area (Å²) in [5.41, 5.74) is 4.85. The van der Waals surface area contributed by atoms with E-state index in [4.69, 9.17) is 14.5 Å². The zero-order valence-electron chi connectivity index (χ0n) is 18.6. The highest BCUT2D eigenvalue weighted by Crippen LogP contribution is 2.42. The molecule has 1 saturated carbocycles. The van der Waals surface area contributed by atoms with Crippen molar-refractivity contribution in [3.05, 3.63) is 81.1 Å². The van der Waals surface area contributed by atoms with Crippen LogP contribution in [0.15, 0.2) is 59.3 Å². The minimum absolute atomic E-state index is 0.0170. The maximum absolute atomic E-state index is 11.1. The second kappa shape index (κ2) is 10.0. The first kappa shape index (κ1) is 23.9. The van der Waals surface area contributed by atoms with E-state index in [1.165, 1.54) is 29.2 Å². The number of aliphatic hydroxyl groups is 1. The van der Waals surface area contributed by atoms with Gasteiger partial charge >= 0.3 is 10.3 Å². The molecule has 0 spiro atoms. The molecule has 1 aliphatic rings. The summed E-state index contributed by atoms with van der Waals surface area (Å²) in [5.74, 6) is 0.574. The predicted molar refractivity (Wildman–Crippen MR) is 139 cm³/mol. The van der Waals surface area contributed by atoms with E-state index in [0.717, 1.165) is 33.2 Å². The third-order valence-electron chi connectivity index (χ3n) is 5.67. The minimum atomic E-state index is -4.31. The number of hydrogen-bond donors (Lipinski definition) is 4. The van der Waals surface area contributed by atoms with Crippen LogP contribution in [0.5, 0.6) is 0 Å². The molecule has 4 N–H and O–H groups in total. The van der Waals surface area contributed by atoms with Crippen LogP contribution in [0.1, 0.15) is 46.6 Å². The van der Waals surface area contributed by atoms with Gasteiger partial charge < -0.3 is 10.4 Å². The fourth-order valence-electron chi connectivity index (χ4n) is 3.75. The number of rotatable bonds is 10. The van der Waals surface area contributed by atoms with Gasteiger partial charge in [0, 0.05) is 22.2 Å². The first-order valence-electron chi connectivity index (χ1n) is 11.1. The Morgan fingerprint density at radius 2 is 1.83 bits per heavy atom. The van der Waals surface area contributed by atoms with E-state index in [1.807, 2.05) is 41.8 Å². The zero-order valence-corrected chi connectivity index (χ0v) is 21.0. The molecule has 5 rings (SSSR count). The van der Waals surface area contributed by atoms with Gasteiger partial charge in [-0.25, -0.2) is 9.97 Å². The lowest BCUT2D eigenvalue weighted by Gasteiger charge is -2.17.